The summed E-state index contributed by atoms with van der Waals surface area (Å²) < 4.78 is 17.4. The highest BCUT2D eigenvalue weighted by molar-refractivity contribution is 8.00. The van der Waals surface area contributed by atoms with Crippen LogP contribution < -0.4 is 5.32 Å². The van der Waals surface area contributed by atoms with Crippen molar-refractivity contribution in [2.45, 2.75) is 11.0 Å². The van der Waals surface area contributed by atoms with Gasteiger partial charge in [0.2, 0.25) is 5.91 Å². The molecule has 0 radical (unpaired) electrons. The van der Waals surface area contributed by atoms with Gasteiger partial charge in [-0.15, -0.1) is 11.8 Å². The number of rotatable bonds is 7. The van der Waals surface area contributed by atoms with E-state index in [2.05, 4.69) is 5.32 Å². The van der Waals surface area contributed by atoms with E-state index in [1.54, 1.807) is 12.1 Å². The lowest BCUT2D eigenvalue weighted by Gasteiger charge is -2.10. The van der Waals surface area contributed by atoms with Gasteiger partial charge in [-0.05, 0) is 24.3 Å². The highest BCUT2D eigenvalue weighted by atomic mass is 32.2. The molecule has 1 rings (SSSR count). The first-order valence-electron chi connectivity index (χ1n) is 5.44. The van der Waals surface area contributed by atoms with Gasteiger partial charge in [0, 0.05) is 18.6 Å². The summed E-state index contributed by atoms with van der Waals surface area (Å²) in [5, 5.41) is 11.9. The van der Waals surface area contributed by atoms with Gasteiger partial charge < -0.3 is 15.2 Å². The number of thioether (sulfide) groups is 1. The molecule has 6 heteroatoms. The van der Waals surface area contributed by atoms with E-state index in [9.17, 15) is 14.3 Å². The van der Waals surface area contributed by atoms with Crippen LogP contribution in [-0.4, -0.2) is 43.1 Å². The third kappa shape index (κ3) is 6.00. The molecule has 1 unspecified atom stereocenters. The first kappa shape index (κ1) is 14.9. The smallest absolute Gasteiger partial charge is 0.230 e. The number of hydrogen-bond donors (Lipinski definition) is 2. The van der Waals surface area contributed by atoms with Crippen molar-refractivity contribution >= 4 is 17.7 Å². The Bertz CT molecular complexity index is 372. The Morgan fingerprint density at radius 1 is 1.50 bits per heavy atom. The Balaban J connectivity index is 2.22. The Labute approximate surface area is 110 Å². The van der Waals surface area contributed by atoms with Gasteiger partial charge in [0.25, 0.3) is 0 Å². The zero-order valence-corrected chi connectivity index (χ0v) is 10.9. The number of ether oxygens (including phenoxy) is 1. The van der Waals surface area contributed by atoms with Crippen LogP contribution >= 0.6 is 11.8 Å². The molecule has 18 heavy (non-hydrogen) atoms. The fourth-order valence-corrected chi connectivity index (χ4v) is 1.94. The lowest BCUT2D eigenvalue weighted by Crippen LogP contribution is -2.35. The minimum Gasteiger partial charge on any atom is -0.389 e. The number of methoxy groups -OCH3 is 1. The van der Waals surface area contributed by atoms with E-state index in [1.807, 2.05) is 0 Å². The molecule has 1 amide bonds. The van der Waals surface area contributed by atoms with Gasteiger partial charge in [-0.25, -0.2) is 4.39 Å². The fourth-order valence-electron chi connectivity index (χ4n) is 1.21. The molecule has 2 N–H and O–H groups in total. The summed E-state index contributed by atoms with van der Waals surface area (Å²) in [5.41, 5.74) is 0. The molecule has 100 valence electrons. The maximum Gasteiger partial charge on any atom is 0.230 e. The van der Waals surface area contributed by atoms with E-state index < -0.39 is 6.10 Å². The molecule has 1 aromatic carbocycles. The predicted molar refractivity (Wildman–Crippen MR) is 68.0 cm³/mol. The molecule has 0 saturated carbocycles. The van der Waals surface area contributed by atoms with Gasteiger partial charge >= 0.3 is 0 Å². The zero-order valence-electron chi connectivity index (χ0n) is 10.1. The summed E-state index contributed by atoms with van der Waals surface area (Å²) in [6.07, 6.45) is -0.699. The summed E-state index contributed by atoms with van der Waals surface area (Å²) in [7, 11) is 1.48. The van der Waals surface area contributed by atoms with Gasteiger partial charge in [-0.3, -0.25) is 4.79 Å². The van der Waals surface area contributed by atoms with Crippen LogP contribution in [0, 0.1) is 5.82 Å². The molecule has 0 heterocycles. The second kappa shape index (κ2) is 8.07. The fraction of sp³-hybridized carbons (Fsp3) is 0.417. The molecule has 4 nitrogen and oxygen atoms in total. The number of aliphatic hydroxyl groups is 1. The number of hydrogen-bond acceptors (Lipinski definition) is 4. The van der Waals surface area contributed by atoms with E-state index in [4.69, 9.17) is 4.74 Å². The predicted octanol–water partition coefficient (Wildman–Crippen LogP) is 1.04. The lowest BCUT2D eigenvalue weighted by atomic mass is 10.4. The van der Waals surface area contributed by atoms with Crippen molar-refractivity contribution in [2.75, 3.05) is 26.0 Å². The monoisotopic (exact) mass is 273 g/mol. The van der Waals surface area contributed by atoms with Crippen molar-refractivity contribution in [2.24, 2.45) is 0 Å². The van der Waals surface area contributed by atoms with Crippen molar-refractivity contribution in [3.8, 4) is 0 Å². The first-order chi connectivity index (χ1) is 8.61. The van der Waals surface area contributed by atoms with Crippen molar-refractivity contribution < 1.29 is 19.0 Å². The minimum atomic E-state index is -0.699. The van der Waals surface area contributed by atoms with E-state index >= 15 is 0 Å². The van der Waals surface area contributed by atoms with Gasteiger partial charge in [-0.2, -0.15) is 0 Å². The van der Waals surface area contributed by atoms with Crippen LogP contribution in [0.5, 0.6) is 0 Å². The van der Waals surface area contributed by atoms with Crippen LogP contribution in [0.15, 0.2) is 29.2 Å². The maximum absolute atomic E-state index is 12.6. The summed E-state index contributed by atoms with van der Waals surface area (Å²) >= 11 is 1.31. The molecular weight excluding hydrogens is 257 g/mol. The van der Waals surface area contributed by atoms with Crippen LogP contribution in [0.3, 0.4) is 0 Å². The Kier molecular flexibility index (Phi) is 6.70. The van der Waals surface area contributed by atoms with Crippen molar-refractivity contribution in [3.05, 3.63) is 30.1 Å². The first-order valence-corrected chi connectivity index (χ1v) is 6.42. The molecule has 0 aliphatic carbocycles. The molecule has 0 aliphatic heterocycles. The van der Waals surface area contributed by atoms with E-state index in [0.29, 0.717) is 0 Å². The number of carbonyl (C=O) groups is 1. The summed E-state index contributed by atoms with van der Waals surface area (Å²) in [6.45, 7) is 0.349. The van der Waals surface area contributed by atoms with E-state index in [-0.39, 0.29) is 30.6 Å². The molecule has 0 spiro atoms. The number of aliphatic hydroxyl groups excluding tert-OH is 1. The van der Waals surface area contributed by atoms with Gasteiger partial charge in [-0.1, -0.05) is 0 Å². The maximum atomic E-state index is 12.6. The second-order valence-electron chi connectivity index (χ2n) is 3.66. The summed E-state index contributed by atoms with van der Waals surface area (Å²) in [4.78, 5) is 12.3. The molecule has 0 aliphatic rings. The standard InChI is InChI=1S/C12H16FNO3S/c1-17-7-10(15)6-14-12(16)8-18-11-4-2-9(13)3-5-11/h2-5,10,15H,6-8H2,1H3,(H,14,16). The second-order valence-corrected chi connectivity index (χ2v) is 4.70. The average molecular weight is 273 g/mol. The van der Waals surface area contributed by atoms with Crippen molar-refractivity contribution in [1.29, 1.82) is 0 Å². The molecule has 1 aromatic rings. The number of benzene rings is 1. The van der Waals surface area contributed by atoms with Gasteiger partial charge in [0.1, 0.15) is 5.82 Å². The molecular formula is C12H16FNO3S. The number of amides is 1. The van der Waals surface area contributed by atoms with Gasteiger partial charge in [0.05, 0.1) is 18.5 Å². The van der Waals surface area contributed by atoms with Crippen molar-refractivity contribution in [3.63, 3.8) is 0 Å². The van der Waals surface area contributed by atoms with Crippen molar-refractivity contribution in [1.82, 2.24) is 5.32 Å². The Morgan fingerprint density at radius 3 is 2.78 bits per heavy atom. The Morgan fingerprint density at radius 2 is 2.17 bits per heavy atom. The third-order valence-corrected chi connectivity index (χ3v) is 3.09. The highest BCUT2D eigenvalue weighted by Crippen LogP contribution is 2.17. The summed E-state index contributed by atoms with van der Waals surface area (Å²) in [6, 6.07) is 5.94. The van der Waals surface area contributed by atoms with Crippen LogP contribution in [-0.2, 0) is 9.53 Å². The largest absolute Gasteiger partial charge is 0.389 e. The molecule has 0 saturated heterocycles. The zero-order chi connectivity index (χ0) is 13.4. The highest BCUT2D eigenvalue weighted by Gasteiger charge is 2.07. The van der Waals surface area contributed by atoms with E-state index in [1.165, 1.54) is 31.0 Å². The SMILES string of the molecule is COCC(O)CNC(=O)CSc1ccc(F)cc1. The molecule has 0 aromatic heterocycles. The number of nitrogens with one attached hydrogen (secondary N) is 1. The molecule has 1 atom stereocenters. The number of carbonyl (C=O) groups excluding carboxylic acids is 1. The quantitative estimate of drug-likeness (QED) is 0.729. The Hall–Kier alpha value is -1.11. The molecule has 0 fully saturated rings. The van der Waals surface area contributed by atoms with Crippen LogP contribution in [0.4, 0.5) is 4.39 Å². The van der Waals surface area contributed by atoms with Crippen LogP contribution in [0.2, 0.25) is 0 Å². The minimum absolute atomic E-state index is 0.163. The normalized spacial score (nSPS) is 12.2. The summed E-state index contributed by atoms with van der Waals surface area (Å²) in [5.74, 6) is -0.253. The van der Waals surface area contributed by atoms with Gasteiger partial charge in [0.15, 0.2) is 0 Å². The van der Waals surface area contributed by atoms with E-state index in [0.717, 1.165) is 4.90 Å². The lowest BCUT2D eigenvalue weighted by molar-refractivity contribution is -0.119. The third-order valence-electron chi connectivity index (χ3n) is 2.08. The topological polar surface area (TPSA) is 58.6 Å². The van der Waals surface area contributed by atoms with Crippen LogP contribution in [0.25, 0.3) is 0 Å². The number of halogens is 1. The molecule has 0 bridgehead atoms. The average Bonchev–Trinajstić information content (AvgIpc) is 2.36. The van der Waals surface area contributed by atoms with Crippen LogP contribution in [0.1, 0.15) is 0 Å².